The molecule has 0 bridgehead atoms. The van der Waals surface area contributed by atoms with Crippen LogP contribution in [0.1, 0.15) is 64.4 Å². The first-order valence-corrected chi connectivity index (χ1v) is 13.2. The first-order chi connectivity index (χ1) is 17.4. The summed E-state index contributed by atoms with van der Waals surface area (Å²) >= 11 is 0. The van der Waals surface area contributed by atoms with Gasteiger partial charge in [0.15, 0.2) is 11.6 Å². The van der Waals surface area contributed by atoms with Gasteiger partial charge in [-0.25, -0.2) is 0 Å². The van der Waals surface area contributed by atoms with Gasteiger partial charge in [0.05, 0.1) is 12.0 Å². The van der Waals surface area contributed by atoms with Gasteiger partial charge < -0.3 is 20.4 Å². The van der Waals surface area contributed by atoms with Gasteiger partial charge in [-0.1, -0.05) is 55.8 Å². The third kappa shape index (κ3) is 4.41. The van der Waals surface area contributed by atoms with E-state index in [1.165, 1.54) is 0 Å². The molecule has 1 aromatic rings. The Kier molecular flexibility index (Phi) is 7.36. The summed E-state index contributed by atoms with van der Waals surface area (Å²) in [6, 6.07) is 9.19. The molecule has 3 fully saturated rings. The first-order valence-electron chi connectivity index (χ1n) is 13.2. The van der Waals surface area contributed by atoms with Crippen LogP contribution < -0.4 is 0 Å². The van der Waals surface area contributed by atoms with Crippen molar-refractivity contribution in [3.8, 4) is 0 Å². The van der Waals surface area contributed by atoms with Crippen molar-refractivity contribution in [1.29, 1.82) is 0 Å². The van der Waals surface area contributed by atoms with Gasteiger partial charge in [-0.3, -0.25) is 14.4 Å². The number of aliphatic carboxylic acids is 1. The number of allylic oxidation sites excluding steroid dienone is 4. The second kappa shape index (κ2) is 9.93. The summed E-state index contributed by atoms with van der Waals surface area (Å²) in [5.74, 6) is -1.41. The monoisotopic (exact) mass is 510 g/mol. The summed E-state index contributed by atoms with van der Waals surface area (Å²) in [5, 5.41) is 40.3. The van der Waals surface area contributed by atoms with Crippen LogP contribution in [0.3, 0.4) is 0 Å². The Morgan fingerprint density at radius 2 is 1.81 bits per heavy atom. The van der Waals surface area contributed by atoms with Crippen molar-refractivity contribution in [3.63, 3.8) is 0 Å². The van der Waals surface area contributed by atoms with Gasteiger partial charge in [-0.05, 0) is 68.6 Å². The Hall–Kier alpha value is -2.61. The molecule has 200 valence electrons. The zero-order chi connectivity index (χ0) is 27.2. The molecule has 1 unspecified atom stereocenters. The number of carboxylic acid groups (broad SMARTS) is 1. The molecule has 7 nitrogen and oxygen atoms in total. The van der Waals surface area contributed by atoms with Crippen LogP contribution in [0.15, 0.2) is 54.1 Å². The van der Waals surface area contributed by atoms with Crippen LogP contribution >= 0.6 is 0 Å². The number of hydrogen-bond donors (Lipinski definition) is 4. The molecule has 3 saturated carbocycles. The van der Waals surface area contributed by atoms with E-state index in [9.17, 15) is 29.7 Å². The van der Waals surface area contributed by atoms with Gasteiger partial charge in [-0.2, -0.15) is 0 Å². The third-order valence-corrected chi connectivity index (χ3v) is 9.92. The van der Waals surface area contributed by atoms with E-state index in [1.54, 1.807) is 19.1 Å². The predicted molar refractivity (Wildman–Crippen MR) is 138 cm³/mol. The van der Waals surface area contributed by atoms with Gasteiger partial charge in [0.2, 0.25) is 0 Å². The zero-order valence-corrected chi connectivity index (χ0v) is 21.8. The van der Waals surface area contributed by atoms with Crippen LogP contribution in [0, 0.1) is 28.6 Å². The first kappa shape index (κ1) is 27.4. The second-order valence-electron chi connectivity index (χ2n) is 11.7. The second-order valence-corrected chi connectivity index (χ2v) is 11.7. The topological polar surface area (TPSA) is 132 Å². The van der Waals surface area contributed by atoms with E-state index in [0.29, 0.717) is 12.8 Å². The molecule has 0 radical (unpaired) electrons. The minimum atomic E-state index is -1.56. The fourth-order valence-corrected chi connectivity index (χ4v) is 7.80. The van der Waals surface area contributed by atoms with Gasteiger partial charge >= 0.3 is 5.97 Å². The predicted octanol–water partition coefficient (Wildman–Crippen LogP) is 3.43. The minimum Gasteiger partial charge on any atom is -0.481 e. The van der Waals surface area contributed by atoms with Crippen LogP contribution in [0.4, 0.5) is 0 Å². The molecule has 7 heteroatoms. The van der Waals surface area contributed by atoms with E-state index in [0.717, 1.165) is 30.4 Å². The van der Waals surface area contributed by atoms with E-state index < -0.39 is 41.4 Å². The number of fused-ring (bicyclic) bond motifs is 5. The lowest BCUT2D eigenvalue weighted by molar-refractivity contribution is -0.178. The number of rotatable bonds is 4. The third-order valence-electron chi connectivity index (χ3n) is 9.92. The van der Waals surface area contributed by atoms with E-state index in [1.807, 2.05) is 43.3 Å². The van der Waals surface area contributed by atoms with E-state index in [2.05, 4.69) is 6.92 Å². The highest BCUT2D eigenvalue weighted by Gasteiger charge is 2.67. The van der Waals surface area contributed by atoms with Gasteiger partial charge in [0.25, 0.3) is 0 Å². The minimum absolute atomic E-state index is 0.00912. The Balaban J connectivity index is 0.000000245. The number of carboxylic acids is 1. The zero-order valence-electron chi connectivity index (χ0n) is 21.8. The molecular weight excluding hydrogens is 472 g/mol. The normalized spacial score (nSPS) is 38.8. The number of aliphatic hydroxyl groups excluding tert-OH is 2. The van der Waals surface area contributed by atoms with Crippen molar-refractivity contribution in [2.45, 2.75) is 70.5 Å². The maximum atomic E-state index is 12.4. The van der Waals surface area contributed by atoms with E-state index in [-0.39, 0.29) is 29.0 Å². The molecule has 0 aliphatic heterocycles. The summed E-state index contributed by atoms with van der Waals surface area (Å²) in [7, 11) is 0. The molecule has 0 aromatic heterocycles. The lowest BCUT2D eigenvalue weighted by atomic mass is 9.46. The Bertz CT molecular complexity index is 1120. The van der Waals surface area contributed by atoms with Crippen LogP contribution in [-0.4, -0.2) is 56.3 Å². The average Bonchev–Trinajstić information content (AvgIpc) is 3.15. The number of benzene rings is 1. The van der Waals surface area contributed by atoms with Crippen LogP contribution in [-0.2, 0) is 14.4 Å². The fraction of sp³-hybridized carbons (Fsp3) is 0.567. The quantitative estimate of drug-likeness (QED) is 0.488. The molecule has 5 rings (SSSR count). The van der Waals surface area contributed by atoms with Crippen molar-refractivity contribution in [1.82, 2.24) is 0 Å². The Labute approximate surface area is 217 Å². The van der Waals surface area contributed by atoms with Crippen LogP contribution in [0.5, 0.6) is 0 Å². The summed E-state index contributed by atoms with van der Waals surface area (Å²) in [6.45, 7) is 5.02. The molecule has 8 atom stereocenters. The lowest BCUT2D eigenvalue weighted by Gasteiger charge is -2.59. The van der Waals surface area contributed by atoms with Crippen molar-refractivity contribution < 1.29 is 34.8 Å². The number of Topliss-reactive ketones (excluding diaryl/α,β-unsaturated/α-hetero) is 1. The van der Waals surface area contributed by atoms with Gasteiger partial charge in [-0.15, -0.1) is 0 Å². The number of aliphatic hydroxyl groups is 3. The lowest BCUT2D eigenvalue weighted by Crippen LogP contribution is -2.61. The largest absolute Gasteiger partial charge is 0.481 e. The van der Waals surface area contributed by atoms with E-state index in [4.69, 9.17) is 5.11 Å². The highest BCUT2D eigenvalue weighted by Crippen LogP contribution is 2.67. The van der Waals surface area contributed by atoms with E-state index >= 15 is 0 Å². The molecular formula is C30H38O7. The molecule has 0 heterocycles. The average molecular weight is 511 g/mol. The van der Waals surface area contributed by atoms with Crippen molar-refractivity contribution >= 4 is 17.5 Å². The molecule has 1 aromatic carbocycles. The molecule has 0 spiro atoms. The van der Waals surface area contributed by atoms with Crippen LogP contribution in [0.2, 0.25) is 0 Å². The maximum Gasteiger partial charge on any atom is 0.310 e. The molecule has 4 aliphatic rings. The Morgan fingerprint density at radius 1 is 1.14 bits per heavy atom. The number of ketones is 2. The van der Waals surface area contributed by atoms with Crippen molar-refractivity contribution in [3.05, 3.63) is 59.7 Å². The number of carbonyl (C=O) groups excluding carboxylic acids is 2. The fourth-order valence-electron chi connectivity index (χ4n) is 7.80. The SMILES string of the molecule is CC(C(=O)O)c1ccccc1.C[C@]12C=CC(=O)C=C1CC[C@@H]1[C@@H]2[C@@H](O)C[C@@]2(C)[C@H]1CC[C@]2(O)C(=O)CO. The van der Waals surface area contributed by atoms with Gasteiger partial charge in [0, 0.05) is 16.7 Å². The number of carbonyl (C=O) groups is 3. The van der Waals surface area contributed by atoms with Crippen molar-refractivity contribution in [2.75, 3.05) is 6.61 Å². The van der Waals surface area contributed by atoms with Crippen LogP contribution in [0.25, 0.3) is 0 Å². The summed E-state index contributed by atoms with van der Waals surface area (Å²) in [5.41, 5.74) is -0.694. The molecule has 0 saturated heterocycles. The standard InChI is InChI=1S/C21H28O5.C9H10O2/c1-19-7-5-13(23)9-12(19)3-4-14-15-6-8-21(26,17(25)11-22)20(15,2)10-16(24)18(14)19;1-7(9(10)11)8-5-3-2-4-6-8/h5,7,9,14-16,18,22,24,26H,3-4,6,8,10-11H2,1-2H3;2-7H,1H3,(H,10,11)/t14-,15-,16-,18+,19-,20-,21-;/m0./s1. The maximum absolute atomic E-state index is 12.4. The molecule has 4 aliphatic carbocycles. The molecule has 37 heavy (non-hydrogen) atoms. The smallest absolute Gasteiger partial charge is 0.310 e. The number of hydrogen-bond acceptors (Lipinski definition) is 6. The summed E-state index contributed by atoms with van der Waals surface area (Å²) < 4.78 is 0. The highest BCUT2D eigenvalue weighted by molar-refractivity contribution is 6.01. The Morgan fingerprint density at radius 3 is 2.43 bits per heavy atom. The highest BCUT2D eigenvalue weighted by atomic mass is 16.4. The summed E-state index contributed by atoms with van der Waals surface area (Å²) in [4.78, 5) is 34.7. The molecule has 0 amide bonds. The summed E-state index contributed by atoms with van der Waals surface area (Å²) in [6.07, 6.45) is 7.68. The molecule has 4 N–H and O–H groups in total. The van der Waals surface area contributed by atoms with Gasteiger partial charge in [0.1, 0.15) is 12.2 Å². The van der Waals surface area contributed by atoms with Crippen molar-refractivity contribution in [2.24, 2.45) is 28.6 Å².